The fourth-order valence-corrected chi connectivity index (χ4v) is 3.20. The average Bonchev–Trinajstić information content (AvgIpc) is 2.50. The number of nitrogens with zero attached hydrogens (tertiary/aromatic N) is 2. The molecule has 1 aliphatic heterocycles. The van der Waals surface area contributed by atoms with Crippen LogP contribution in [0.4, 0.5) is 0 Å². The van der Waals surface area contributed by atoms with Gasteiger partial charge >= 0.3 is 0 Å². The van der Waals surface area contributed by atoms with Crippen LogP contribution in [0, 0.1) is 10.8 Å². The third-order valence-corrected chi connectivity index (χ3v) is 5.16. The normalized spacial score (nSPS) is 19.3. The average molecular weight is 357 g/mol. The molecule has 1 atom stereocenters. The Balaban J connectivity index is 2.27. The summed E-state index contributed by atoms with van der Waals surface area (Å²) in [4.78, 5) is 5.16. The maximum atomic E-state index is 9.42. The van der Waals surface area contributed by atoms with Gasteiger partial charge in [0.15, 0.2) is 0 Å². The molecule has 1 rings (SSSR count). The molecule has 4 nitrogen and oxygen atoms in total. The summed E-state index contributed by atoms with van der Waals surface area (Å²) in [6.45, 7) is 21.4. The Labute approximate surface area is 156 Å². The topological polar surface area (TPSA) is 35.9 Å². The van der Waals surface area contributed by atoms with Gasteiger partial charge in [0.1, 0.15) is 0 Å². The number of hydrogen-bond donors (Lipinski definition) is 1. The maximum absolute atomic E-state index is 9.42. The second kappa shape index (κ2) is 10.9. The first-order valence-corrected chi connectivity index (χ1v) is 10.3. The van der Waals surface area contributed by atoms with Crippen LogP contribution in [-0.4, -0.2) is 73.5 Å². The Morgan fingerprint density at radius 1 is 0.840 bits per heavy atom. The Morgan fingerprint density at radius 3 is 1.96 bits per heavy atom. The molecule has 1 aliphatic rings. The smallest absolute Gasteiger partial charge is 0.0480 e. The van der Waals surface area contributed by atoms with Gasteiger partial charge < -0.3 is 14.7 Å². The monoisotopic (exact) mass is 356 g/mol. The minimum absolute atomic E-state index is 0.275. The first-order chi connectivity index (χ1) is 11.6. The van der Waals surface area contributed by atoms with E-state index in [2.05, 4.69) is 51.3 Å². The summed E-state index contributed by atoms with van der Waals surface area (Å²) in [5.74, 6) is 0. The van der Waals surface area contributed by atoms with E-state index >= 15 is 0 Å². The van der Waals surface area contributed by atoms with Gasteiger partial charge in [-0.1, -0.05) is 41.5 Å². The zero-order chi connectivity index (χ0) is 18.9. The number of aliphatic hydroxyl groups is 1. The SMILES string of the molecule is CC(C)(C)CCOCCC(CCO)N1CCN(CCC(C)(C)C)CC1. The van der Waals surface area contributed by atoms with Crippen LogP contribution >= 0.6 is 0 Å². The van der Waals surface area contributed by atoms with Gasteiger partial charge in [0, 0.05) is 52.0 Å². The molecule has 1 saturated heterocycles. The summed E-state index contributed by atoms with van der Waals surface area (Å²) in [6.07, 6.45) is 4.26. The second-order valence-corrected chi connectivity index (χ2v) is 10.1. The van der Waals surface area contributed by atoms with Crippen molar-refractivity contribution >= 4 is 0 Å². The molecule has 25 heavy (non-hydrogen) atoms. The van der Waals surface area contributed by atoms with Gasteiger partial charge in [-0.15, -0.1) is 0 Å². The van der Waals surface area contributed by atoms with Crippen molar-refractivity contribution in [2.75, 3.05) is 52.5 Å². The fourth-order valence-electron chi connectivity index (χ4n) is 3.20. The molecule has 0 aromatic heterocycles. The highest BCUT2D eigenvalue weighted by molar-refractivity contribution is 4.79. The molecule has 0 aromatic carbocycles. The highest BCUT2D eigenvalue weighted by Crippen LogP contribution is 2.21. The van der Waals surface area contributed by atoms with Gasteiger partial charge in [0.25, 0.3) is 0 Å². The van der Waals surface area contributed by atoms with Gasteiger partial charge in [-0.2, -0.15) is 0 Å². The molecule has 0 aromatic rings. The standard InChI is InChI=1S/C21H44N2O2/c1-20(2,3)9-11-22-12-14-23(15-13-22)19(7-16-24)8-17-25-18-10-21(4,5)6/h19,24H,7-18H2,1-6H3. The highest BCUT2D eigenvalue weighted by atomic mass is 16.5. The van der Waals surface area contributed by atoms with Gasteiger partial charge in [-0.05, 0) is 43.1 Å². The largest absolute Gasteiger partial charge is 0.396 e. The molecule has 1 unspecified atom stereocenters. The van der Waals surface area contributed by atoms with Crippen molar-refractivity contribution < 1.29 is 9.84 Å². The van der Waals surface area contributed by atoms with Crippen molar-refractivity contribution in [2.24, 2.45) is 10.8 Å². The molecule has 0 saturated carbocycles. The first-order valence-electron chi connectivity index (χ1n) is 10.3. The summed E-state index contributed by atoms with van der Waals surface area (Å²) in [5, 5.41) is 9.42. The predicted octanol–water partition coefficient (Wildman–Crippen LogP) is 3.63. The van der Waals surface area contributed by atoms with Crippen LogP contribution in [0.5, 0.6) is 0 Å². The van der Waals surface area contributed by atoms with E-state index in [1.165, 1.54) is 13.0 Å². The van der Waals surface area contributed by atoms with Crippen LogP contribution in [-0.2, 0) is 4.74 Å². The summed E-state index contributed by atoms with van der Waals surface area (Å²) in [7, 11) is 0. The Hall–Kier alpha value is -0.160. The third-order valence-electron chi connectivity index (χ3n) is 5.16. The van der Waals surface area contributed by atoms with Crippen molar-refractivity contribution in [1.29, 1.82) is 0 Å². The Bertz CT molecular complexity index is 339. The molecule has 1 fully saturated rings. The van der Waals surface area contributed by atoms with Gasteiger partial charge in [0.2, 0.25) is 0 Å². The summed E-state index contributed by atoms with van der Waals surface area (Å²) in [6, 6.07) is 0.462. The number of aliphatic hydroxyl groups excluding tert-OH is 1. The van der Waals surface area contributed by atoms with Crippen molar-refractivity contribution in [3.05, 3.63) is 0 Å². The summed E-state index contributed by atoms with van der Waals surface area (Å²) < 4.78 is 5.86. The summed E-state index contributed by atoms with van der Waals surface area (Å²) in [5.41, 5.74) is 0.759. The molecule has 0 spiro atoms. The zero-order valence-electron chi connectivity index (χ0n) is 17.8. The first kappa shape index (κ1) is 22.9. The van der Waals surface area contributed by atoms with Crippen LogP contribution < -0.4 is 0 Å². The predicted molar refractivity (Wildman–Crippen MR) is 107 cm³/mol. The number of rotatable bonds is 10. The van der Waals surface area contributed by atoms with E-state index in [0.29, 0.717) is 16.9 Å². The number of hydrogen-bond acceptors (Lipinski definition) is 4. The van der Waals surface area contributed by atoms with E-state index in [-0.39, 0.29) is 6.61 Å². The molecule has 0 amide bonds. The van der Waals surface area contributed by atoms with E-state index in [1.807, 2.05) is 0 Å². The fraction of sp³-hybridized carbons (Fsp3) is 1.00. The molecular formula is C21H44N2O2. The van der Waals surface area contributed by atoms with Crippen LogP contribution in [0.25, 0.3) is 0 Å². The van der Waals surface area contributed by atoms with Crippen LogP contribution in [0.3, 0.4) is 0 Å². The minimum atomic E-state index is 0.275. The van der Waals surface area contributed by atoms with E-state index in [4.69, 9.17) is 4.74 Å². The van der Waals surface area contributed by atoms with E-state index in [0.717, 1.165) is 58.7 Å². The van der Waals surface area contributed by atoms with Gasteiger partial charge in [-0.25, -0.2) is 0 Å². The Morgan fingerprint density at radius 2 is 1.44 bits per heavy atom. The lowest BCUT2D eigenvalue weighted by atomic mass is 9.92. The highest BCUT2D eigenvalue weighted by Gasteiger charge is 2.24. The van der Waals surface area contributed by atoms with E-state index in [9.17, 15) is 5.11 Å². The molecule has 0 aliphatic carbocycles. The van der Waals surface area contributed by atoms with Gasteiger partial charge in [0.05, 0.1) is 0 Å². The minimum Gasteiger partial charge on any atom is -0.396 e. The van der Waals surface area contributed by atoms with Crippen molar-refractivity contribution in [3.63, 3.8) is 0 Å². The molecule has 0 bridgehead atoms. The lowest BCUT2D eigenvalue weighted by Gasteiger charge is -2.40. The molecule has 150 valence electrons. The molecule has 0 radical (unpaired) electrons. The molecular weight excluding hydrogens is 312 g/mol. The molecule has 1 N–H and O–H groups in total. The van der Waals surface area contributed by atoms with Crippen molar-refractivity contribution in [1.82, 2.24) is 9.80 Å². The zero-order valence-corrected chi connectivity index (χ0v) is 17.8. The maximum Gasteiger partial charge on any atom is 0.0480 e. The second-order valence-electron chi connectivity index (χ2n) is 10.1. The van der Waals surface area contributed by atoms with Crippen molar-refractivity contribution in [3.8, 4) is 0 Å². The van der Waals surface area contributed by atoms with Crippen LogP contribution in [0.1, 0.15) is 67.2 Å². The quantitative estimate of drug-likeness (QED) is 0.606. The number of ether oxygens (including phenoxy) is 1. The third kappa shape index (κ3) is 11.2. The van der Waals surface area contributed by atoms with Gasteiger partial charge in [-0.3, -0.25) is 4.90 Å². The van der Waals surface area contributed by atoms with Crippen LogP contribution in [0.15, 0.2) is 0 Å². The van der Waals surface area contributed by atoms with E-state index < -0.39 is 0 Å². The molecule has 4 heteroatoms. The van der Waals surface area contributed by atoms with Crippen molar-refractivity contribution in [2.45, 2.75) is 73.3 Å². The lowest BCUT2D eigenvalue weighted by molar-refractivity contribution is 0.0464. The summed E-state index contributed by atoms with van der Waals surface area (Å²) >= 11 is 0. The van der Waals surface area contributed by atoms with E-state index in [1.54, 1.807) is 0 Å². The number of piperazine rings is 1. The van der Waals surface area contributed by atoms with Crippen LogP contribution in [0.2, 0.25) is 0 Å². The molecule has 1 heterocycles. The Kier molecular flexibility index (Phi) is 9.94. The lowest BCUT2D eigenvalue weighted by Crippen LogP contribution is -2.51.